The average Bonchev–Trinajstić information content (AvgIpc) is 3.06. The predicted octanol–water partition coefficient (Wildman–Crippen LogP) is 10.6. The van der Waals surface area contributed by atoms with E-state index in [1.54, 1.807) is 0 Å². The largest absolute Gasteiger partial charge is 0.456 e. The Morgan fingerprint density at radius 3 is 1.29 bits per heavy atom. The number of ether oxygens (including phenoxy) is 1. The van der Waals surface area contributed by atoms with Crippen LogP contribution in [0.15, 0.2) is 182 Å². The average molecular weight is 527 g/mol. The fourth-order valence-electron chi connectivity index (χ4n) is 4.85. The van der Waals surface area contributed by atoms with Crippen molar-refractivity contribution in [3.8, 4) is 22.3 Å². The van der Waals surface area contributed by atoms with Gasteiger partial charge in [-0.25, -0.2) is 0 Å². The highest BCUT2D eigenvalue weighted by Crippen LogP contribution is 2.32. The summed E-state index contributed by atoms with van der Waals surface area (Å²) in [6.45, 7) is 0. The minimum absolute atomic E-state index is 0.841. The molecule has 0 N–H and O–H groups in total. The van der Waals surface area contributed by atoms with E-state index < -0.39 is 0 Å². The lowest BCUT2D eigenvalue weighted by Crippen LogP contribution is -1.99. The fraction of sp³-hybridized carbons (Fsp3) is 0. The quantitative estimate of drug-likeness (QED) is 0.192. The van der Waals surface area contributed by atoms with Crippen molar-refractivity contribution in [1.82, 2.24) is 0 Å². The Bertz CT molecular complexity index is 1640. The van der Waals surface area contributed by atoms with E-state index in [1.807, 2.05) is 36.4 Å². The van der Waals surface area contributed by atoms with Crippen LogP contribution in [-0.2, 0) is 4.74 Å². The molecule has 1 heteroatoms. The molecule has 0 atom stereocenters. The zero-order chi connectivity index (χ0) is 27.7. The number of hydrogen-bond donors (Lipinski definition) is 0. The highest BCUT2D eigenvalue weighted by Gasteiger charge is 2.14. The van der Waals surface area contributed by atoms with Gasteiger partial charge in [-0.3, -0.25) is 0 Å². The maximum Gasteiger partial charge on any atom is 0.135 e. The molecule has 0 bridgehead atoms. The third-order valence-electron chi connectivity index (χ3n) is 6.90. The van der Waals surface area contributed by atoms with Crippen molar-refractivity contribution in [2.75, 3.05) is 0 Å². The van der Waals surface area contributed by atoms with Crippen molar-refractivity contribution < 1.29 is 4.74 Å². The first kappa shape index (κ1) is 25.9. The molecule has 1 heterocycles. The number of hydrogen-bond acceptors (Lipinski definition) is 1. The number of allylic oxidation sites excluding steroid dienone is 7. The van der Waals surface area contributed by atoms with Gasteiger partial charge in [0.2, 0.25) is 0 Å². The van der Waals surface area contributed by atoms with E-state index in [0.29, 0.717) is 0 Å². The Hall–Kier alpha value is -5.40. The Balaban J connectivity index is 1.28. The highest BCUT2D eigenvalue weighted by atomic mass is 16.5. The van der Waals surface area contributed by atoms with Crippen LogP contribution in [0.2, 0.25) is 0 Å². The van der Waals surface area contributed by atoms with Gasteiger partial charge in [-0.1, -0.05) is 152 Å². The van der Waals surface area contributed by atoms with Gasteiger partial charge in [0.1, 0.15) is 11.5 Å². The summed E-state index contributed by atoms with van der Waals surface area (Å²) in [5.41, 5.74) is 9.17. The molecule has 5 aromatic carbocycles. The smallest absolute Gasteiger partial charge is 0.135 e. The molecular formula is C40H30O. The Labute approximate surface area is 242 Å². The van der Waals surface area contributed by atoms with Crippen molar-refractivity contribution in [2.45, 2.75) is 0 Å². The van der Waals surface area contributed by atoms with Gasteiger partial charge in [0, 0.05) is 11.1 Å². The van der Waals surface area contributed by atoms with E-state index >= 15 is 0 Å². The lowest BCUT2D eigenvalue weighted by Gasteiger charge is -2.18. The second-order valence-corrected chi connectivity index (χ2v) is 9.84. The molecule has 41 heavy (non-hydrogen) atoms. The third kappa shape index (κ3) is 6.61. The molecule has 5 aromatic rings. The van der Waals surface area contributed by atoms with E-state index in [1.165, 1.54) is 22.3 Å². The molecule has 0 amide bonds. The lowest BCUT2D eigenvalue weighted by atomic mass is 9.96. The SMILES string of the molecule is C(/C=C/C=C/c1cc(-c2ccccc2)cc(-c2ccccc2)c1)=C1C=C(c2ccccc2)OC(c2ccccc2)=C1. The summed E-state index contributed by atoms with van der Waals surface area (Å²) in [7, 11) is 0. The molecule has 0 fully saturated rings. The Morgan fingerprint density at radius 2 is 0.829 bits per heavy atom. The Kier molecular flexibility index (Phi) is 7.97. The minimum Gasteiger partial charge on any atom is -0.456 e. The summed E-state index contributed by atoms with van der Waals surface area (Å²) in [6.07, 6.45) is 14.7. The molecule has 1 aliphatic rings. The molecule has 1 nitrogen and oxygen atoms in total. The summed E-state index contributed by atoms with van der Waals surface area (Å²) < 4.78 is 6.31. The predicted molar refractivity (Wildman–Crippen MR) is 173 cm³/mol. The van der Waals surface area contributed by atoms with E-state index in [9.17, 15) is 0 Å². The lowest BCUT2D eigenvalue weighted by molar-refractivity contribution is 0.467. The van der Waals surface area contributed by atoms with Crippen LogP contribution in [-0.4, -0.2) is 0 Å². The molecule has 0 aromatic heterocycles. The van der Waals surface area contributed by atoms with Gasteiger partial charge in [0.05, 0.1) is 0 Å². The van der Waals surface area contributed by atoms with Crippen LogP contribution in [0.1, 0.15) is 16.7 Å². The molecule has 0 saturated heterocycles. The van der Waals surface area contributed by atoms with E-state index in [4.69, 9.17) is 4.74 Å². The summed E-state index contributed by atoms with van der Waals surface area (Å²) in [4.78, 5) is 0. The van der Waals surface area contributed by atoms with Crippen LogP contribution in [0.25, 0.3) is 39.8 Å². The van der Waals surface area contributed by atoms with Crippen molar-refractivity contribution >= 4 is 17.6 Å². The van der Waals surface area contributed by atoms with E-state index in [2.05, 4.69) is 146 Å². The van der Waals surface area contributed by atoms with Gasteiger partial charge in [0.25, 0.3) is 0 Å². The van der Waals surface area contributed by atoms with Crippen LogP contribution in [0.3, 0.4) is 0 Å². The van der Waals surface area contributed by atoms with Gasteiger partial charge >= 0.3 is 0 Å². The van der Waals surface area contributed by atoms with E-state index in [-0.39, 0.29) is 0 Å². The summed E-state index contributed by atoms with van der Waals surface area (Å²) >= 11 is 0. The van der Waals surface area contributed by atoms with Crippen LogP contribution in [0.4, 0.5) is 0 Å². The van der Waals surface area contributed by atoms with Gasteiger partial charge in [-0.05, 0) is 63.7 Å². The first-order chi connectivity index (χ1) is 20.3. The molecular weight excluding hydrogens is 496 g/mol. The molecule has 0 saturated carbocycles. The molecule has 0 spiro atoms. The van der Waals surface area contributed by atoms with Gasteiger partial charge in [0.15, 0.2) is 0 Å². The van der Waals surface area contributed by atoms with Crippen molar-refractivity contribution in [2.24, 2.45) is 0 Å². The van der Waals surface area contributed by atoms with Crippen LogP contribution >= 0.6 is 0 Å². The second kappa shape index (κ2) is 12.6. The van der Waals surface area contributed by atoms with Crippen molar-refractivity contribution in [3.63, 3.8) is 0 Å². The topological polar surface area (TPSA) is 9.23 Å². The standard InChI is InChI=1S/C40H30O/c1(6-16-31-26-37(33-18-8-2-9-19-33)30-38(27-31)34-20-10-3-11-21-34)7-17-32-28-39(35-22-12-4-13-23-35)41-40(29-32)36-24-14-5-15-25-36/h1-30H/b7-1+,16-6+. The van der Waals surface area contributed by atoms with Crippen LogP contribution in [0.5, 0.6) is 0 Å². The monoisotopic (exact) mass is 526 g/mol. The molecule has 196 valence electrons. The molecule has 0 unspecified atom stereocenters. The maximum absolute atomic E-state index is 6.31. The normalized spacial score (nSPS) is 13.1. The highest BCUT2D eigenvalue weighted by molar-refractivity contribution is 5.78. The van der Waals surface area contributed by atoms with Gasteiger partial charge in [-0.15, -0.1) is 0 Å². The first-order valence-corrected chi connectivity index (χ1v) is 13.8. The maximum atomic E-state index is 6.31. The molecule has 6 rings (SSSR count). The Morgan fingerprint density at radius 1 is 0.390 bits per heavy atom. The van der Waals surface area contributed by atoms with Crippen molar-refractivity contribution in [3.05, 3.63) is 198 Å². The van der Waals surface area contributed by atoms with Crippen molar-refractivity contribution in [1.29, 1.82) is 0 Å². The zero-order valence-corrected chi connectivity index (χ0v) is 22.7. The molecule has 1 aliphatic heterocycles. The zero-order valence-electron chi connectivity index (χ0n) is 22.7. The summed E-state index contributed by atoms with van der Waals surface area (Å²) in [5, 5.41) is 0. The van der Waals surface area contributed by atoms with Gasteiger partial charge in [-0.2, -0.15) is 0 Å². The van der Waals surface area contributed by atoms with E-state index in [0.717, 1.165) is 33.8 Å². The van der Waals surface area contributed by atoms with Gasteiger partial charge < -0.3 is 4.74 Å². The summed E-state index contributed by atoms with van der Waals surface area (Å²) in [5.74, 6) is 1.68. The number of rotatable bonds is 7. The summed E-state index contributed by atoms with van der Waals surface area (Å²) in [6, 6.07) is 48.3. The third-order valence-corrected chi connectivity index (χ3v) is 6.90. The van der Waals surface area contributed by atoms with Crippen LogP contribution in [0, 0.1) is 0 Å². The van der Waals surface area contributed by atoms with Crippen LogP contribution < -0.4 is 0 Å². The number of benzene rings is 5. The molecule has 0 aliphatic carbocycles. The first-order valence-electron chi connectivity index (χ1n) is 13.8. The fourth-order valence-corrected chi connectivity index (χ4v) is 4.85. The molecule has 0 radical (unpaired) electrons. The minimum atomic E-state index is 0.841. The second-order valence-electron chi connectivity index (χ2n) is 9.84.